The molecule has 0 aliphatic rings. The van der Waals surface area contributed by atoms with Gasteiger partial charge in [-0.2, -0.15) is 0 Å². The molecule has 2 aromatic rings. The Labute approximate surface area is 121 Å². The van der Waals surface area contributed by atoms with Gasteiger partial charge in [-0.05, 0) is 23.8 Å². The quantitative estimate of drug-likeness (QED) is 0.889. The molecule has 1 unspecified atom stereocenters. The average molecular weight is 292 g/mol. The van der Waals surface area contributed by atoms with Crippen LogP contribution in [-0.4, -0.2) is 11.0 Å². The third kappa shape index (κ3) is 3.50. The highest BCUT2D eigenvalue weighted by molar-refractivity contribution is 6.30. The van der Waals surface area contributed by atoms with E-state index in [-0.39, 0.29) is 12.4 Å². The van der Waals surface area contributed by atoms with E-state index in [0.29, 0.717) is 16.1 Å². The van der Waals surface area contributed by atoms with Crippen molar-refractivity contribution in [1.82, 2.24) is 0 Å². The monoisotopic (exact) mass is 291 g/mol. The largest absolute Gasteiger partial charge is 0.508 e. The summed E-state index contributed by atoms with van der Waals surface area (Å²) in [4.78, 5) is 11.5. The number of phenols is 1. The van der Waals surface area contributed by atoms with Crippen LogP contribution in [0.1, 0.15) is 17.2 Å². The van der Waals surface area contributed by atoms with Crippen LogP contribution in [0.4, 0.5) is 0 Å². The van der Waals surface area contributed by atoms with Gasteiger partial charge in [-0.1, -0.05) is 41.9 Å². The minimum Gasteiger partial charge on any atom is -0.508 e. The second-order valence-electron chi connectivity index (χ2n) is 4.27. The number of benzene rings is 2. The minimum atomic E-state index is -0.883. The number of hydrogen-bond acceptors (Lipinski definition) is 3. The van der Waals surface area contributed by atoms with Gasteiger partial charge in [0.25, 0.3) is 5.91 Å². The first-order valence-electron chi connectivity index (χ1n) is 6.01. The molecule has 1 amide bonds. The lowest BCUT2D eigenvalue weighted by Crippen LogP contribution is -2.23. The number of hydrogen-bond donors (Lipinski definition) is 2. The number of halogens is 1. The second-order valence-corrected chi connectivity index (χ2v) is 4.71. The maximum atomic E-state index is 11.5. The Morgan fingerprint density at radius 2 is 1.85 bits per heavy atom. The summed E-state index contributed by atoms with van der Waals surface area (Å²) in [5.41, 5.74) is 6.56. The fourth-order valence-corrected chi connectivity index (χ4v) is 1.91. The first-order valence-corrected chi connectivity index (χ1v) is 6.39. The number of primary amides is 1. The molecule has 0 saturated heterocycles. The predicted molar refractivity (Wildman–Crippen MR) is 76.3 cm³/mol. The highest BCUT2D eigenvalue weighted by atomic mass is 35.5. The molecular weight excluding hydrogens is 278 g/mol. The number of rotatable bonds is 5. The van der Waals surface area contributed by atoms with Crippen molar-refractivity contribution < 1.29 is 14.6 Å². The van der Waals surface area contributed by atoms with Crippen LogP contribution < -0.4 is 5.73 Å². The first kappa shape index (κ1) is 14.4. The second kappa shape index (κ2) is 6.41. The molecule has 0 aromatic heterocycles. The van der Waals surface area contributed by atoms with E-state index in [9.17, 15) is 9.90 Å². The third-order valence-electron chi connectivity index (χ3n) is 2.83. The van der Waals surface area contributed by atoms with Gasteiger partial charge in [-0.25, -0.2) is 0 Å². The average Bonchev–Trinajstić information content (AvgIpc) is 2.42. The Kier molecular flexibility index (Phi) is 4.61. The van der Waals surface area contributed by atoms with Crippen LogP contribution in [0.5, 0.6) is 5.75 Å². The van der Waals surface area contributed by atoms with Crippen molar-refractivity contribution in [3.05, 3.63) is 64.7 Å². The molecule has 0 heterocycles. The Bertz CT molecular complexity index is 598. The van der Waals surface area contributed by atoms with Crippen LogP contribution >= 0.6 is 11.6 Å². The fraction of sp³-hybridized carbons (Fsp3) is 0.133. The van der Waals surface area contributed by atoms with Gasteiger partial charge < -0.3 is 15.6 Å². The summed E-state index contributed by atoms with van der Waals surface area (Å²) >= 11 is 5.80. The Balaban J connectivity index is 2.13. The minimum absolute atomic E-state index is 0.0862. The molecule has 0 bridgehead atoms. The van der Waals surface area contributed by atoms with E-state index in [1.165, 1.54) is 0 Å². The van der Waals surface area contributed by atoms with Gasteiger partial charge in [0.1, 0.15) is 5.75 Å². The van der Waals surface area contributed by atoms with Crippen LogP contribution in [-0.2, 0) is 16.1 Å². The molecular formula is C15H14ClNO3. The maximum absolute atomic E-state index is 11.5. The van der Waals surface area contributed by atoms with E-state index in [1.807, 2.05) is 0 Å². The van der Waals surface area contributed by atoms with Crippen molar-refractivity contribution in [3.63, 3.8) is 0 Å². The highest BCUT2D eigenvalue weighted by Gasteiger charge is 2.19. The van der Waals surface area contributed by atoms with Gasteiger partial charge in [-0.15, -0.1) is 0 Å². The zero-order chi connectivity index (χ0) is 14.5. The number of aromatic hydroxyl groups is 1. The van der Waals surface area contributed by atoms with Gasteiger partial charge in [-0.3, -0.25) is 4.79 Å². The first-order chi connectivity index (χ1) is 9.58. The predicted octanol–water partition coefficient (Wildman–Crippen LogP) is 2.79. The zero-order valence-electron chi connectivity index (χ0n) is 10.6. The number of nitrogens with two attached hydrogens (primary N) is 1. The van der Waals surface area contributed by atoms with E-state index >= 15 is 0 Å². The van der Waals surface area contributed by atoms with E-state index in [0.717, 1.165) is 0 Å². The lowest BCUT2D eigenvalue weighted by Gasteiger charge is -2.15. The van der Waals surface area contributed by atoms with Crippen LogP contribution in [0.15, 0.2) is 48.5 Å². The summed E-state index contributed by atoms with van der Waals surface area (Å²) in [6, 6.07) is 13.5. The Morgan fingerprint density at radius 1 is 1.20 bits per heavy atom. The van der Waals surface area contributed by atoms with Crippen LogP contribution in [0.25, 0.3) is 0 Å². The topological polar surface area (TPSA) is 72.6 Å². The number of ether oxygens (including phenoxy) is 1. The van der Waals surface area contributed by atoms with Crippen molar-refractivity contribution in [2.75, 3.05) is 0 Å². The molecule has 0 fully saturated rings. The molecule has 5 heteroatoms. The highest BCUT2D eigenvalue weighted by Crippen LogP contribution is 2.23. The molecule has 0 aliphatic heterocycles. The standard InChI is InChI=1S/C15H14ClNO3/c16-12-7-5-10(6-8-12)14(15(17)19)20-9-11-3-1-2-4-13(11)18/h1-8,14,18H,9H2,(H2,17,19). The molecule has 2 aromatic carbocycles. The summed E-state index contributed by atoms with van der Waals surface area (Å²) in [6.07, 6.45) is -0.883. The van der Waals surface area contributed by atoms with Crippen LogP contribution in [0.2, 0.25) is 5.02 Å². The Morgan fingerprint density at radius 3 is 2.45 bits per heavy atom. The smallest absolute Gasteiger partial charge is 0.251 e. The summed E-state index contributed by atoms with van der Waals surface area (Å²) in [5, 5.41) is 10.2. The number of phenolic OH excluding ortho intramolecular Hbond substituents is 1. The molecule has 0 radical (unpaired) electrons. The van der Waals surface area contributed by atoms with Crippen molar-refractivity contribution in [2.45, 2.75) is 12.7 Å². The van der Waals surface area contributed by atoms with E-state index in [1.54, 1.807) is 48.5 Å². The maximum Gasteiger partial charge on any atom is 0.251 e. The summed E-state index contributed by atoms with van der Waals surface area (Å²) in [7, 11) is 0. The lowest BCUT2D eigenvalue weighted by atomic mass is 10.1. The van der Waals surface area contributed by atoms with Gasteiger partial charge in [0, 0.05) is 10.6 Å². The number of carbonyl (C=O) groups is 1. The number of para-hydroxylation sites is 1. The lowest BCUT2D eigenvalue weighted by molar-refractivity contribution is -0.130. The molecule has 3 N–H and O–H groups in total. The molecule has 2 rings (SSSR count). The summed E-state index contributed by atoms with van der Waals surface area (Å²) < 4.78 is 5.52. The molecule has 1 atom stereocenters. The van der Waals surface area contributed by atoms with Crippen LogP contribution in [0.3, 0.4) is 0 Å². The van der Waals surface area contributed by atoms with Gasteiger partial charge in [0.05, 0.1) is 6.61 Å². The molecule has 0 saturated carbocycles. The van der Waals surface area contributed by atoms with Gasteiger partial charge in [0.15, 0.2) is 6.10 Å². The number of amides is 1. The van der Waals surface area contributed by atoms with E-state index < -0.39 is 12.0 Å². The molecule has 104 valence electrons. The van der Waals surface area contributed by atoms with Crippen molar-refractivity contribution in [1.29, 1.82) is 0 Å². The van der Waals surface area contributed by atoms with E-state index in [4.69, 9.17) is 22.1 Å². The fourth-order valence-electron chi connectivity index (χ4n) is 1.79. The Hall–Kier alpha value is -2.04. The SMILES string of the molecule is NC(=O)C(OCc1ccccc1O)c1ccc(Cl)cc1. The molecule has 0 spiro atoms. The van der Waals surface area contributed by atoms with Crippen LogP contribution in [0, 0.1) is 0 Å². The van der Waals surface area contributed by atoms with Gasteiger partial charge >= 0.3 is 0 Å². The van der Waals surface area contributed by atoms with Crippen molar-refractivity contribution in [3.8, 4) is 5.75 Å². The number of carbonyl (C=O) groups excluding carboxylic acids is 1. The third-order valence-corrected chi connectivity index (χ3v) is 3.08. The van der Waals surface area contributed by atoms with Crippen molar-refractivity contribution >= 4 is 17.5 Å². The molecule has 20 heavy (non-hydrogen) atoms. The molecule has 4 nitrogen and oxygen atoms in total. The molecule has 0 aliphatic carbocycles. The van der Waals surface area contributed by atoms with E-state index in [2.05, 4.69) is 0 Å². The van der Waals surface area contributed by atoms with Crippen molar-refractivity contribution in [2.24, 2.45) is 5.73 Å². The zero-order valence-corrected chi connectivity index (χ0v) is 11.4. The summed E-state index contributed by atoms with van der Waals surface area (Å²) in [6.45, 7) is 0.0862. The summed E-state index contributed by atoms with van der Waals surface area (Å²) in [5.74, 6) is -0.477. The van der Waals surface area contributed by atoms with Gasteiger partial charge in [0.2, 0.25) is 0 Å². The normalized spacial score (nSPS) is 12.1.